The molecule has 1 aromatic heterocycles. The van der Waals surface area contributed by atoms with Crippen molar-refractivity contribution in [3.8, 4) is 0 Å². The zero-order valence-corrected chi connectivity index (χ0v) is 15.9. The Morgan fingerprint density at radius 3 is 2.44 bits per heavy atom. The second-order valence-electron chi connectivity index (χ2n) is 6.18. The fourth-order valence-corrected chi connectivity index (χ4v) is 2.90. The summed E-state index contributed by atoms with van der Waals surface area (Å²) in [5.41, 5.74) is -2.41. The van der Waals surface area contributed by atoms with Crippen molar-refractivity contribution in [2.45, 2.75) is 30.5 Å². The zero-order chi connectivity index (χ0) is 20.6. The number of nitrogens with one attached hydrogen (secondary N) is 2. The van der Waals surface area contributed by atoms with E-state index >= 15 is 0 Å². The van der Waals surface area contributed by atoms with E-state index in [9.17, 15) is 26.7 Å². The molecule has 0 atom stereocenters. The Morgan fingerprint density at radius 1 is 1.22 bits per heavy atom. The van der Waals surface area contributed by atoms with Gasteiger partial charge in [-0.3, -0.25) is 4.79 Å². The average molecular weight is 428 g/mol. The molecule has 0 saturated heterocycles. The highest BCUT2D eigenvalue weighted by atomic mass is 35.5. The van der Waals surface area contributed by atoms with E-state index < -0.39 is 34.3 Å². The van der Waals surface area contributed by atoms with Gasteiger partial charge in [0.1, 0.15) is 22.1 Å². The summed E-state index contributed by atoms with van der Waals surface area (Å²) in [5.74, 6) is -2.83. The number of anilines is 1. The van der Waals surface area contributed by atoms with E-state index in [0.29, 0.717) is 16.8 Å². The number of alkyl halides is 3. The van der Waals surface area contributed by atoms with Crippen LogP contribution < -0.4 is 10.0 Å². The minimum absolute atomic E-state index is 0.0592. The summed E-state index contributed by atoms with van der Waals surface area (Å²) in [6.07, 6.45) is -3.03. The maximum Gasteiger partial charge on any atom is 0.406 e. The van der Waals surface area contributed by atoms with Gasteiger partial charge in [0.2, 0.25) is 0 Å². The van der Waals surface area contributed by atoms with E-state index in [4.69, 9.17) is 11.6 Å². The van der Waals surface area contributed by atoms with Crippen LogP contribution in [-0.4, -0.2) is 22.2 Å². The van der Waals surface area contributed by atoms with Crippen molar-refractivity contribution in [2.24, 2.45) is 7.05 Å². The van der Waals surface area contributed by atoms with Crippen molar-refractivity contribution in [3.05, 3.63) is 46.7 Å². The molecular formula is C16H15ClF5N3OS. The summed E-state index contributed by atoms with van der Waals surface area (Å²) in [6.45, 7) is 1.97. The van der Waals surface area contributed by atoms with E-state index in [1.54, 1.807) is 0 Å². The molecule has 27 heavy (non-hydrogen) atoms. The molecule has 1 heterocycles. The van der Waals surface area contributed by atoms with Crippen molar-refractivity contribution in [3.63, 3.8) is 0 Å². The molecule has 0 radical (unpaired) electrons. The average Bonchev–Trinajstić information content (AvgIpc) is 2.93. The highest BCUT2D eigenvalue weighted by molar-refractivity contribution is 7.97. The number of aryl methyl sites for hydroxylation is 1. The van der Waals surface area contributed by atoms with E-state index in [1.165, 1.54) is 23.9 Å². The monoisotopic (exact) mass is 427 g/mol. The summed E-state index contributed by atoms with van der Waals surface area (Å²) in [6, 6.07) is 3.25. The SMILES string of the molecule is Cn1cc(SNC(C)(C)C(F)(F)F)cc1C(=O)Nc1ccc(F)c(Cl)c1F. The Balaban J connectivity index is 2.14. The molecule has 1 aromatic carbocycles. The summed E-state index contributed by atoms with van der Waals surface area (Å²) >= 11 is 6.16. The van der Waals surface area contributed by atoms with E-state index in [2.05, 4.69) is 10.0 Å². The van der Waals surface area contributed by atoms with Crippen LogP contribution in [0.1, 0.15) is 24.3 Å². The fraction of sp³-hybridized carbons (Fsp3) is 0.312. The molecule has 11 heteroatoms. The van der Waals surface area contributed by atoms with Crippen molar-refractivity contribution >= 4 is 35.1 Å². The van der Waals surface area contributed by atoms with Crippen LogP contribution in [-0.2, 0) is 7.05 Å². The Labute approximate surface area is 161 Å². The van der Waals surface area contributed by atoms with E-state index in [0.717, 1.165) is 26.0 Å². The van der Waals surface area contributed by atoms with Crippen molar-refractivity contribution in [2.75, 3.05) is 5.32 Å². The third-order valence-corrected chi connectivity index (χ3v) is 5.05. The lowest BCUT2D eigenvalue weighted by Gasteiger charge is -2.27. The lowest BCUT2D eigenvalue weighted by Crippen LogP contribution is -2.48. The van der Waals surface area contributed by atoms with Gasteiger partial charge < -0.3 is 9.88 Å². The lowest BCUT2D eigenvalue weighted by molar-refractivity contribution is -0.179. The minimum atomic E-state index is -4.46. The van der Waals surface area contributed by atoms with E-state index in [1.807, 2.05) is 0 Å². The Hall–Kier alpha value is -1.78. The molecule has 2 rings (SSSR count). The molecule has 4 nitrogen and oxygen atoms in total. The molecule has 0 unspecified atom stereocenters. The quantitative estimate of drug-likeness (QED) is 0.394. The number of carbonyl (C=O) groups is 1. The number of hydrogen-bond donors (Lipinski definition) is 2. The third-order valence-electron chi connectivity index (χ3n) is 3.63. The van der Waals surface area contributed by atoms with Gasteiger partial charge in [0.05, 0.1) is 5.69 Å². The van der Waals surface area contributed by atoms with Crippen LogP contribution in [0.25, 0.3) is 0 Å². The molecule has 2 N–H and O–H groups in total. The normalized spacial score (nSPS) is 12.3. The highest BCUT2D eigenvalue weighted by Gasteiger charge is 2.47. The summed E-state index contributed by atoms with van der Waals surface area (Å²) in [4.78, 5) is 12.7. The third kappa shape index (κ3) is 4.74. The van der Waals surface area contributed by atoms with Crippen LogP contribution in [0.2, 0.25) is 5.02 Å². The van der Waals surface area contributed by atoms with Gasteiger partial charge in [0, 0.05) is 18.1 Å². The summed E-state index contributed by atoms with van der Waals surface area (Å²) in [5, 5.41) is 1.49. The van der Waals surface area contributed by atoms with Crippen molar-refractivity contribution < 1.29 is 26.7 Å². The van der Waals surface area contributed by atoms with Gasteiger partial charge in [-0.2, -0.15) is 13.2 Å². The minimum Gasteiger partial charge on any atom is -0.345 e. The molecule has 0 aliphatic carbocycles. The van der Waals surface area contributed by atoms with Crippen LogP contribution in [0.4, 0.5) is 27.6 Å². The molecule has 0 bridgehead atoms. The topological polar surface area (TPSA) is 46.1 Å². The number of rotatable bonds is 5. The number of nitrogens with zero attached hydrogens (tertiary/aromatic N) is 1. The van der Waals surface area contributed by atoms with Crippen LogP contribution in [0.3, 0.4) is 0 Å². The molecule has 148 valence electrons. The first-order chi connectivity index (χ1) is 12.3. The Bertz CT molecular complexity index is 866. The van der Waals surface area contributed by atoms with Crippen molar-refractivity contribution in [1.82, 2.24) is 9.29 Å². The van der Waals surface area contributed by atoms with Gasteiger partial charge >= 0.3 is 6.18 Å². The largest absolute Gasteiger partial charge is 0.406 e. The fourth-order valence-electron chi connectivity index (χ4n) is 1.87. The Morgan fingerprint density at radius 2 is 1.85 bits per heavy atom. The van der Waals surface area contributed by atoms with Gasteiger partial charge in [0.15, 0.2) is 5.82 Å². The Kier molecular flexibility index (Phi) is 6.13. The maximum absolute atomic E-state index is 13.9. The number of benzene rings is 1. The van der Waals surface area contributed by atoms with Crippen LogP contribution >= 0.6 is 23.5 Å². The first kappa shape index (κ1) is 21.5. The number of hydrogen-bond acceptors (Lipinski definition) is 3. The number of halogens is 6. The van der Waals surface area contributed by atoms with Gasteiger partial charge in [-0.15, -0.1) is 0 Å². The number of amides is 1. The predicted molar refractivity (Wildman–Crippen MR) is 93.9 cm³/mol. The zero-order valence-electron chi connectivity index (χ0n) is 14.3. The molecule has 0 aliphatic heterocycles. The molecule has 0 fully saturated rings. The first-order valence-electron chi connectivity index (χ1n) is 7.45. The van der Waals surface area contributed by atoms with Gasteiger partial charge in [-0.1, -0.05) is 11.6 Å². The molecule has 1 amide bonds. The molecule has 0 saturated carbocycles. The molecule has 0 aliphatic rings. The van der Waals surface area contributed by atoms with Gasteiger partial charge in [-0.25, -0.2) is 13.5 Å². The smallest absolute Gasteiger partial charge is 0.345 e. The summed E-state index contributed by atoms with van der Waals surface area (Å²) < 4.78 is 69.3. The second kappa shape index (κ2) is 7.69. The molecule has 2 aromatic rings. The van der Waals surface area contributed by atoms with E-state index in [-0.39, 0.29) is 11.4 Å². The number of aromatic nitrogens is 1. The van der Waals surface area contributed by atoms with Crippen LogP contribution in [0.15, 0.2) is 29.3 Å². The summed E-state index contributed by atoms with van der Waals surface area (Å²) in [7, 11) is 1.50. The van der Waals surface area contributed by atoms with Gasteiger partial charge in [0.25, 0.3) is 5.91 Å². The lowest BCUT2D eigenvalue weighted by atomic mass is 10.1. The van der Waals surface area contributed by atoms with Gasteiger partial charge in [-0.05, 0) is 44.0 Å². The van der Waals surface area contributed by atoms with Crippen LogP contribution in [0.5, 0.6) is 0 Å². The molecule has 0 spiro atoms. The first-order valence-corrected chi connectivity index (χ1v) is 8.65. The second-order valence-corrected chi connectivity index (χ2v) is 7.43. The standard InChI is InChI=1S/C16H15ClF5N3OS/c1-15(2,16(20,21)22)24-27-8-6-11(25(3)7-8)14(26)23-10-5-4-9(18)12(17)13(10)19/h4-7,24H,1-3H3,(H,23,26). The predicted octanol–water partition coefficient (Wildman–Crippen LogP) is 5.15. The molecular weight excluding hydrogens is 413 g/mol. The maximum atomic E-state index is 13.9. The van der Waals surface area contributed by atoms with Crippen molar-refractivity contribution in [1.29, 1.82) is 0 Å². The van der Waals surface area contributed by atoms with Crippen LogP contribution in [0, 0.1) is 11.6 Å². The number of carbonyl (C=O) groups excluding carboxylic acids is 1. The highest BCUT2D eigenvalue weighted by Crippen LogP contribution is 2.33.